The van der Waals surface area contributed by atoms with Gasteiger partial charge in [0.05, 0.1) is 17.0 Å². The molecule has 0 saturated carbocycles. The first-order valence-electron chi connectivity index (χ1n) is 8.98. The van der Waals surface area contributed by atoms with Crippen molar-refractivity contribution in [3.63, 3.8) is 0 Å². The van der Waals surface area contributed by atoms with Gasteiger partial charge in [-0.05, 0) is 55.7 Å². The highest BCUT2D eigenvalue weighted by molar-refractivity contribution is 7.90. The van der Waals surface area contributed by atoms with E-state index in [1.165, 1.54) is 12.3 Å². The van der Waals surface area contributed by atoms with Gasteiger partial charge in [0.25, 0.3) is 0 Å². The maximum absolute atomic E-state index is 14.2. The van der Waals surface area contributed by atoms with Crippen molar-refractivity contribution < 1.29 is 12.8 Å². The Labute approximate surface area is 164 Å². The van der Waals surface area contributed by atoms with Crippen molar-refractivity contribution in [3.8, 4) is 0 Å². The van der Waals surface area contributed by atoms with Crippen LogP contribution in [-0.2, 0) is 22.8 Å². The number of pyridine rings is 1. The quantitative estimate of drug-likeness (QED) is 0.686. The van der Waals surface area contributed by atoms with Gasteiger partial charge in [-0.15, -0.1) is 0 Å². The summed E-state index contributed by atoms with van der Waals surface area (Å²) in [6, 6.07) is 8.82. The van der Waals surface area contributed by atoms with Gasteiger partial charge in [0, 0.05) is 35.8 Å². The number of sulfone groups is 1. The number of hydrogen-bond donors (Lipinski definition) is 1. The molecule has 0 fully saturated rings. The van der Waals surface area contributed by atoms with E-state index in [0.717, 1.165) is 33.4 Å². The van der Waals surface area contributed by atoms with E-state index in [1.807, 2.05) is 42.8 Å². The van der Waals surface area contributed by atoms with Crippen LogP contribution >= 0.6 is 0 Å². The number of nitrogens with two attached hydrogens (primary N) is 1. The molecule has 0 unspecified atom stereocenters. The second-order valence-electron chi connectivity index (χ2n) is 6.97. The summed E-state index contributed by atoms with van der Waals surface area (Å²) in [5.74, 6) is -0.277. The summed E-state index contributed by atoms with van der Waals surface area (Å²) < 4.78 is 39.4. The van der Waals surface area contributed by atoms with Gasteiger partial charge in [0.2, 0.25) is 0 Å². The van der Waals surface area contributed by atoms with E-state index in [4.69, 9.17) is 5.73 Å². The van der Waals surface area contributed by atoms with E-state index in [9.17, 15) is 12.8 Å². The minimum Gasteiger partial charge on any atom is -0.338 e. The van der Waals surface area contributed by atoms with E-state index in [0.29, 0.717) is 11.3 Å². The van der Waals surface area contributed by atoms with E-state index in [2.05, 4.69) is 4.98 Å². The fraction of sp³-hybridized carbons (Fsp3) is 0.286. The predicted octanol–water partition coefficient (Wildman–Crippen LogP) is 3.46. The summed E-state index contributed by atoms with van der Waals surface area (Å²) in [6.45, 7) is 4.15. The molecule has 2 heterocycles. The van der Waals surface area contributed by atoms with Crippen molar-refractivity contribution in [2.75, 3.05) is 12.8 Å². The third kappa shape index (κ3) is 4.15. The van der Waals surface area contributed by atoms with Gasteiger partial charge >= 0.3 is 0 Å². The number of aryl methyl sites for hydroxylation is 1. The van der Waals surface area contributed by atoms with E-state index in [1.54, 1.807) is 12.1 Å². The highest BCUT2D eigenvalue weighted by Gasteiger charge is 2.16. The number of aromatic nitrogens is 2. The maximum Gasteiger partial charge on any atom is 0.175 e. The molecule has 1 aromatic carbocycles. The van der Waals surface area contributed by atoms with Crippen LogP contribution in [0.1, 0.15) is 22.5 Å². The maximum atomic E-state index is 14.2. The SMILES string of the molecule is Cc1cc2c(cn1)c(Cc1ccc(S(C)(=O)=O)cc1)c(C)n2C/C(F)=C/CN. The zero-order valence-electron chi connectivity index (χ0n) is 16.2. The zero-order chi connectivity index (χ0) is 20.5. The summed E-state index contributed by atoms with van der Waals surface area (Å²) in [4.78, 5) is 4.70. The largest absolute Gasteiger partial charge is 0.338 e. The van der Waals surface area contributed by atoms with Crippen LogP contribution in [0.2, 0.25) is 0 Å². The lowest BCUT2D eigenvalue weighted by molar-refractivity contribution is 0.554. The number of rotatable bonds is 6. The Morgan fingerprint density at radius 2 is 1.93 bits per heavy atom. The summed E-state index contributed by atoms with van der Waals surface area (Å²) in [7, 11) is -3.23. The van der Waals surface area contributed by atoms with Crippen LogP contribution in [0.15, 0.2) is 53.3 Å². The van der Waals surface area contributed by atoms with E-state index in [-0.39, 0.29) is 18.9 Å². The molecule has 0 aliphatic carbocycles. The van der Waals surface area contributed by atoms with Crippen LogP contribution < -0.4 is 5.73 Å². The number of hydrogen-bond acceptors (Lipinski definition) is 4. The Bertz CT molecular complexity index is 1150. The highest BCUT2D eigenvalue weighted by Crippen LogP contribution is 2.29. The molecule has 0 amide bonds. The van der Waals surface area contributed by atoms with Crippen LogP contribution in [-0.4, -0.2) is 30.8 Å². The lowest BCUT2D eigenvalue weighted by Crippen LogP contribution is -2.04. The molecule has 3 rings (SSSR count). The second kappa shape index (κ2) is 7.85. The average molecular weight is 402 g/mol. The molecule has 7 heteroatoms. The van der Waals surface area contributed by atoms with Gasteiger partial charge in [-0.1, -0.05) is 12.1 Å². The first kappa shape index (κ1) is 20.2. The standard InChI is InChI=1S/C21H24FN3O2S/c1-14-10-21-20(12-24-14)19(15(2)25(21)13-17(22)8-9-23)11-16-4-6-18(7-5-16)28(3,26)27/h4-8,10,12H,9,11,13,23H2,1-3H3/b17-8-. The molecular formula is C21H24FN3O2S. The topological polar surface area (TPSA) is 78.0 Å². The fourth-order valence-corrected chi connectivity index (χ4v) is 4.00. The minimum absolute atomic E-state index is 0.121. The first-order chi connectivity index (χ1) is 13.2. The molecule has 3 aromatic rings. The Balaban J connectivity index is 2.06. The molecule has 0 aliphatic heterocycles. The van der Waals surface area contributed by atoms with Gasteiger partial charge in [0.15, 0.2) is 9.84 Å². The second-order valence-corrected chi connectivity index (χ2v) is 8.99. The molecule has 0 bridgehead atoms. The Kier molecular flexibility index (Phi) is 5.67. The molecule has 148 valence electrons. The lowest BCUT2D eigenvalue weighted by Gasteiger charge is -2.08. The number of benzene rings is 1. The lowest BCUT2D eigenvalue weighted by atomic mass is 10.0. The molecule has 5 nitrogen and oxygen atoms in total. The summed E-state index contributed by atoms with van der Waals surface area (Å²) in [6.07, 6.45) is 4.99. The van der Waals surface area contributed by atoms with Gasteiger partial charge < -0.3 is 10.3 Å². The van der Waals surface area contributed by atoms with Crippen LogP contribution in [0, 0.1) is 13.8 Å². The van der Waals surface area contributed by atoms with Crippen molar-refractivity contribution >= 4 is 20.7 Å². The number of allylic oxidation sites excluding steroid dienone is 1. The van der Waals surface area contributed by atoms with Gasteiger partial charge in [0.1, 0.15) is 5.83 Å². The van der Waals surface area contributed by atoms with Gasteiger partial charge in [-0.2, -0.15) is 0 Å². The Morgan fingerprint density at radius 3 is 2.54 bits per heavy atom. The number of halogens is 1. The summed E-state index contributed by atoms with van der Waals surface area (Å²) in [5, 5.41) is 0.968. The summed E-state index contributed by atoms with van der Waals surface area (Å²) in [5.41, 5.74) is 10.2. The molecule has 2 aromatic heterocycles. The monoisotopic (exact) mass is 401 g/mol. The minimum atomic E-state index is -3.23. The molecule has 0 spiro atoms. The molecule has 0 aliphatic rings. The fourth-order valence-electron chi connectivity index (χ4n) is 3.37. The normalized spacial score (nSPS) is 12.7. The molecule has 0 atom stereocenters. The van der Waals surface area contributed by atoms with Crippen LogP contribution in [0.3, 0.4) is 0 Å². The number of nitrogens with zero attached hydrogens (tertiary/aromatic N) is 2. The Morgan fingerprint density at radius 1 is 1.25 bits per heavy atom. The molecule has 2 N–H and O–H groups in total. The first-order valence-corrected chi connectivity index (χ1v) is 10.9. The number of fused-ring (bicyclic) bond motifs is 1. The highest BCUT2D eigenvalue weighted by atomic mass is 32.2. The smallest absolute Gasteiger partial charge is 0.175 e. The van der Waals surface area contributed by atoms with Crippen LogP contribution in [0.4, 0.5) is 4.39 Å². The molecule has 0 radical (unpaired) electrons. The van der Waals surface area contributed by atoms with Crippen molar-refractivity contribution in [1.29, 1.82) is 0 Å². The van der Waals surface area contributed by atoms with Gasteiger partial charge in [-0.25, -0.2) is 12.8 Å². The third-order valence-electron chi connectivity index (χ3n) is 4.86. The molecular weight excluding hydrogens is 377 g/mol. The van der Waals surface area contributed by atoms with Crippen LogP contribution in [0.25, 0.3) is 10.9 Å². The van der Waals surface area contributed by atoms with E-state index >= 15 is 0 Å². The van der Waals surface area contributed by atoms with E-state index < -0.39 is 9.84 Å². The third-order valence-corrected chi connectivity index (χ3v) is 5.99. The molecule has 0 saturated heterocycles. The molecule has 28 heavy (non-hydrogen) atoms. The van der Waals surface area contributed by atoms with Gasteiger partial charge in [-0.3, -0.25) is 4.98 Å². The average Bonchev–Trinajstić information content (AvgIpc) is 2.87. The van der Waals surface area contributed by atoms with Crippen molar-refractivity contribution in [2.45, 2.75) is 31.7 Å². The van der Waals surface area contributed by atoms with Crippen molar-refractivity contribution in [2.24, 2.45) is 5.73 Å². The van der Waals surface area contributed by atoms with Crippen LogP contribution in [0.5, 0.6) is 0 Å². The summed E-state index contributed by atoms with van der Waals surface area (Å²) >= 11 is 0. The predicted molar refractivity (Wildman–Crippen MR) is 110 cm³/mol. The van der Waals surface area contributed by atoms with Crippen molar-refractivity contribution in [1.82, 2.24) is 9.55 Å². The zero-order valence-corrected chi connectivity index (χ0v) is 17.1. The van der Waals surface area contributed by atoms with Crippen molar-refractivity contribution in [3.05, 3.63) is 70.9 Å². The Hall–Kier alpha value is -2.51.